The minimum atomic E-state index is -0.249. The maximum atomic E-state index is 13.1. The Hall–Kier alpha value is -3.48. The number of hydrogen-bond acceptors (Lipinski definition) is 10. The predicted molar refractivity (Wildman–Crippen MR) is 156 cm³/mol. The topological polar surface area (TPSA) is 138 Å². The number of amides is 2. The second-order valence-electron chi connectivity index (χ2n) is 10.2. The smallest absolute Gasteiger partial charge is 0.251 e. The van der Waals surface area contributed by atoms with Crippen LogP contribution in [0, 0.1) is 0 Å². The summed E-state index contributed by atoms with van der Waals surface area (Å²) in [6.07, 6.45) is 7.39. The number of nitrogens with one attached hydrogen (secondary N) is 2. The number of likely N-dealkylation sites (N-methyl/N-ethyl adjacent to an activating group) is 1. The number of aromatic nitrogens is 2. The van der Waals surface area contributed by atoms with Gasteiger partial charge >= 0.3 is 0 Å². The summed E-state index contributed by atoms with van der Waals surface area (Å²) in [7, 11) is 3.32. The third-order valence-electron chi connectivity index (χ3n) is 7.47. The van der Waals surface area contributed by atoms with Crippen LogP contribution in [0.2, 0.25) is 0 Å². The molecule has 1 fully saturated rings. The summed E-state index contributed by atoms with van der Waals surface area (Å²) in [6, 6.07) is 5.16. The molecular formula is C29H42N6O6. The molecule has 3 N–H and O–H groups in total. The first-order valence-corrected chi connectivity index (χ1v) is 14.4. The van der Waals surface area contributed by atoms with Gasteiger partial charge in [0.25, 0.3) is 5.91 Å². The molecule has 2 aliphatic rings. The molecule has 2 aromatic rings. The largest absolute Gasteiger partial charge is 0.495 e. The molecule has 0 spiro atoms. The van der Waals surface area contributed by atoms with Crippen LogP contribution in [0.3, 0.4) is 0 Å². The molecule has 1 aromatic heterocycles. The van der Waals surface area contributed by atoms with E-state index in [4.69, 9.17) is 24.3 Å². The summed E-state index contributed by atoms with van der Waals surface area (Å²) < 4.78 is 16.3. The number of carbonyl (C=O) groups is 2. The van der Waals surface area contributed by atoms with Gasteiger partial charge in [-0.2, -0.15) is 4.98 Å². The average Bonchev–Trinajstić information content (AvgIpc) is 3.52. The van der Waals surface area contributed by atoms with Gasteiger partial charge in [0.2, 0.25) is 11.9 Å². The van der Waals surface area contributed by atoms with E-state index < -0.39 is 0 Å². The van der Waals surface area contributed by atoms with Crippen LogP contribution in [-0.4, -0.2) is 92.7 Å². The van der Waals surface area contributed by atoms with Crippen molar-refractivity contribution >= 4 is 35.0 Å². The first-order chi connectivity index (χ1) is 20.0. The second kappa shape index (κ2) is 14.9. The second-order valence-corrected chi connectivity index (χ2v) is 10.2. The first kappa shape index (κ1) is 30.5. The molecule has 2 amide bonds. The monoisotopic (exact) mass is 570 g/mol. The molecular weight excluding hydrogens is 528 g/mol. The highest BCUT2D eigenvalue weighted by Crippen LogP contribution is 2.40. The van der Waals surface area contributed by atoms with Crippen LogP contribution >= 0.6 is 0 Å². The normalized spacial score (nSPS) is 17.1. The van der Waals surface area contributed by atoms with E-state index in [1.807, 2.05) is 6.92 Å². The lowest BCUT2D eigenvalue weighted by atomic mass is 10.0. The standard InChI is InChI=1S/C29H42N6O6/c1-4-23-28(38)34(2)24-19-31-29(33-26(24)35(23)21-8-5-6-9-21)32-22-11-10-20(18-25(22)39-3)27(37)30-12-15-41-17-16-40-14-7-13-36/h10-11,18-19,21,23,36H,4-9,12-17H2,1-3H3,(H,30,37)(H,31,32,33)/t23-/m1/s1. The lowest BCUT2D eigenvalue weighted by Crippen LogP contribution is -2.55. The van der Waals surface area contributed by atoms with Crippen LogP contribution in [-0.2, 0) is 14.3 Å². The number of aliphatic hydroxyl groups is 1. The maximum absolute atomic E-state index is 13.1. The van der Waals surface area contributed by atoms with E-state index >= 15 is 0 Å². The number of methoxy groups -OCH3 is 1. The first-order valence-electron chi connectivity index (χ1n) is 14.4. The zero-order chi connectivity index (χ0) is 29.2. The third kappa shape index (κ3) is 7.43. The molecule has 12 nitrogen and oxygen atoms in total. The van der Waals surface area contributed by atoms with Crippen molar-refractivity contribution in [1.82, 2.24) is 15.3 Å². The van der Waals surface area contributed by atoms with E-state index in [0.717, 1.165) is 31.5 Å². The van der Waals surface area contributed by atoms with Crippen LogP contribution in [0.15, 0.2) is 24.4 Å². The molecule has 41 heavy (non-hydrogen) atoms. The van der Waals surface area contributed by atoms with E-state index in [0.29, 0.717) is 74.5 Å². The van der Waals surface area contributed by atoms with Gasteiger partial charge < -0.3 is 39.8 Å². The fourth-order valence-corrected chi connectivity index (χ4v) is 5.33. The van der Waals surface area contributed by atoms with Crippen LogP contribution in [0.25, 0.3) is 0 Å². The van der Waals surface area contributed by atoms with Crippen molar-refractivity contribution in [2.24, 2.45) is 0 Å². The Morgan fingerprint density at radius 1 is 1.15 bits per heavy atom. The molecule has 1 aromatic carbocycles. The van der Waals surface area contributed by atoms with Gasteiger partial charge in [0.15, 0.2) is 5.82 Å². The molecule has 0 saturated heterocycles. The Labute approximate surface area is 241 Å². The van der Waals surface area contributed by atoms with Crippen molar-refractivity contribution in [2.75, 3.05) is 68.9 Å². The van der Waals surface area contributed by atoms with Crippen LogP contribution in [0.1, 0.15) is 55.8 Å². The highest BCUT2D eigenvalue weighted by Gasteiger charge is 2.41. The zero-order valence-electron chi connectivity index (χ0n) is 24.2. The number of fused-ring (bicyclic) bond motifs is 1. The van der Waals surface area contributed by atoms with Gasteiger partial charge in [-0.3, -0.25) is 9.59 Å². The molecule has 0 radical (unpaired) electrons. The van der Waals surface area contributed by atoms with Crippen molar-refractivity contribution in [1.29, 1.82) is 0 Å². The van der Waals surface area contributed by atoms with Gasteiger partial charge in [-0.05, 0) is 43.9 Å². The Balaban J connectivity index is 1.40. The van der Waals surface area contributed by atoms with Crippen LogP contribution in [0.4, 0.5) is 23.1 Å². The third-order valence-corrected chi connectivity index (χ3v) is 7.47. The molecule has 224 valence electrons. The van der Waals surface area contributed by atoms with E-state index in [-0.39, 0.29) is 30.5 Å². The van der Waals surface area contributed by atoms with E-state index in [2.05, 4.69) is 20.5 Å². The Kier molecular flexibility index (Phi) is 11.1. The summed E-state index contributed by atoms with van der Waals surface area (Å²) >= 11 is 0. The van der Waals surface area contributed by atoms with Crippen molar-refractivity contribution in [3.05, 3.63) is 30.0 Å². The molecule has 1 aliphatic carbocycles. The quantitative estimate of drug-likeness (QED) is 0.274. The molecule has 12 heteroatoms. The summed E-state index contributed by atoms with van der Waals surface area (Å²) in [5.41, 5.74) is 1.77. The fourth-order valence-electron chi connectivity index (χ4n) is 5.33. The number of aliphatic hydroxyl groups excluding tert-OH is 1. The van der Waals surface area contributed by atoms with Gasteiger partial charge in [0.1, 0.15) is 17.5 Å². The van der Waals surface area contributed by atoms with E-state index in [9.17, 15) is 9.59 Å². The molecule has 1 saturated carbocycles. The van der Waals surface area contributed by atoms with Crippen molar-refractivity contribution in [2.45, 2.75) is 57.5 Å². The number of nitrogens with zero attached hydrogens (tertiary/aromatic N) is 4. The Morgan fingerprint density at radius 3 is 2.61 bits per heavy atom. The molecule has 4 rings (SSSR count). The minimum absolute atomic E-state index is 0.0709. The molecule has 1 atom stereocenters. The summed E-state index contributed by atoms with van der Waals surface area (Å²) in [5, 5.41) is 14.8. The van der Waals surface area contributed by atoms with Crippen molar-refractivity contribution in [3.8, 4) is 5.75 Å². The number of ether oxygens (including phenoxy) is 3. The van der Waals surface area contributed by atoms with E-state index in [1.165, 1.54) is 0 Å². The average molecular weight is 571 g/mol. The minimum Gasteiger partial charge on any atom is -0.495 e. The van der Waals surface area contributed by atoms with Gasteiger partial charge in [0.05, 0.1) is 38.8 Å². The number of anilines is 4. The van der Waals surface area contributed by atoms with Crippen molar-refractivity contribution < 1.29 is 28.9 Å². The highest BCUT2D eigenvalue weighted by atomic mass is 16.5. The summed E-state index contributed by atoms with van der Waals surface area (Å²) in [6.45, 7) is 4.23. The lowest BCUT2D eigenvalue weighted by molar-refractivity contribution is -0.120. The van der Waals surface area contributed by atoms with Gasteiger partial charge in [-0.15, -0.1) is 0 Å². The zero-order valence-corrected chi connectivity index (χ0v) is 24.2. The Morgan fingerprint density at radius 2 is 1.90 bits per heavy atom. The van der Waals surface area contributed by atoms with Gasteiger partial charge in [-0.25, -0.2) is 4.98 Å². The SMILES string of the molecule is CC[C@@H]1C(=O)N(C)c2cnc(Nc3ccc(C(=O)NCCOCCOCCCO)cc3OC)nc2N1C1CCCC1. The summed E-state index contributed by atoms with van der Waals surface area (Å²) in [4.78, 5) is 39.0. The summed E-state index contributed by atoms with van der Waals surface area (Å²) in [5.74, 6) is 1.45. The number of hydrogen-bond donors (Lipinski definition) is 3. The van der Waals surface area contributed by atoms with E-state index in [1.54, 1.807) is 43.5 Å². The molecule has 2 heterocycles. The highest BCUT2D eigenvalue weighted by molar-refractivity contribution is 6.04. The number of benzene rings is 1. The van der Waals surface area contributed by atoms with Crippen LogP contribution < -0.4 is 25.2 Å². The predicted octanol–water partition coefficient (Wildman–Crippen LogP) is 2.88. The Bertz CT molecular complexity index is 1170. The van der Waals surface area contributed by atoms with Crippen LogP contribution in [0.5, 0.6) is 5.75 Å². The lowest BCUT2D eigenvalue weighted by Gasteiger charge is -2.43. The molecule has 1 aliphatic heterocycles. The van der Waals surface area contributed by atoms with Gasteiger partial charge in [0, 0.05) is 38.4 Å². The fraction of sp³-hybridized carbons (Fsp3) is 0.586. The molecule has 0 unspecified atom stereocenters. The van der Waals surface area contributed by atoms with Crippen molar-refractivity contribution in [3.63, 3.8) is 0 Å². The number of rotatable bonds is 15. The van der Waals surface area contributed by atoms with Gasteiger partial charge in [-0.1, -0.05) is 19.8 Å². The number of carbonyl (C=O) groups excluding carboxylic acids is 2. The maximum Gasteiger partial charge on any atom is 0.251 e. The molecule has 0 bridgehead atoms.